The molecule has 0 aliphatic heterocycles. The van der Waals surface area contributed by atoms with Crippen molar-refractivity contribution in [2.45, 2.75) is 6.42 Å². The summed E-state index contributed by atoms with van der Waals surface area (Å²) in [5, 5.41) is 3.35. The number of para-hydroxylation sites is 1. The molecular formula is C15H18N2O. The molecule has 0 amide bonds. The average Bonchev–Trinajstić information content (AvgIpc) is 2.45. The number of pyridine rings is 1. The molecule has 1 heterocycles. The fourth-order valence-electron chi connectivity index (χ4n) is 1.66. The summed E-state index contributed by atoms with van der Waals surface area (Å²) in [6.45, 7) is 2.50. The van der Waals surface area contributed by atoms with Gasteiger partial charge in [-0.2, -0.15) is 0 Å². The van der Waals surface area contributed by atoms with Gasteiger partial charge in [-0.15, -0.1) is 0 Å². The third-order valence-corrected chi connectivity index (χ3v) is 2.60. The lowest BCUT2D eigenvalue weighted by molar-refractivity contribution is 0.314. The number of nitrogens with zero attached hydrogens (tertiary/aromatic N) is 1. The van der Waals surface area contributed by atoms with E-state index in [9.17, 15) is 0 Å². The lowest BCUT2D eigenvalue weighted by atomic mass is 10.2. The van der Waals surface area contributed by atoms with Crippen LogP contribution in [0.1, 0.15) is 5.56 Å². The Morgan fingerprint density at radius 1 is 1.00 bits per heavy atom. The number of hydrogen-bond donors (Lipinski definition) is 1. The minimum atomic E-state index is 0.692. The second kappa shape index (κ2) is 7.45. The topological polar surface area (TPSA) is 34.1 Å². The van der Waals surface area contributed by atoms with E-state index in [1.165, 1.54) is 5.56 Å². The molecular weight excluding hydrogens is 224 g/mol. The predicted molar refractivity (Wildman–Crippen MR) is 72.7 cm³/mol. The molecule has 0 fully saturated rings. The van der Waals surface area contributed by atoms with Gasteiger partial charge >= 0.3 is 0 Å². The van der Waals surface area contributed by atoms with E-state index in [1.54, 1.807) is 6.20 Å². The summed E-state index contributed by atoms with van der Waals surface area (Å²) in [5.74, 6) is 0.923. The molecule has 2 aromatic rings. The number of rotatable bonds is 7. The molecule has 0 saturated heterocycles. The third kappa shape index (κ3) is 4.55. The van der Waals surface area contributed by atoms with Crippen LogP contribution in [0.4, 0.5) is 0 Å². The standard InChI is InChI=1S/C15H18N2O/c1-2-6-15(7-3-1)18-12-11-16-10-8-14-5-4-9-17-13-14/h1-7,9,13,16H,8,10-12H2. The van der Waals surface area contributed by atoms with Crippen molar-refractivity contribution < 1.29 is 4.74 Å². The first-order valence-electron chi connectivity index (χ1n) is 6.22. The van der Waals surface area contributed by atoms with Gasteiger partial charge in [0.25, 0.3) is 0 Å². The molecule has 1 aromatic heterocycles. The largest absolute Gasteiger partial charge is 0.492 e. The van der Waals surface area contributed by atoms with Crippen LogP contribution in [0.25, 0.3) is 0 Å². The summed E-state index contributed by atoms with van der Waals surface area (Å²) in [6, 6.07) is 13.9. The monoisotopic (exact) mass is 242 g/mol. The van der Waals surface area contributed by atoms with Crippen LogP contribution in [-0.2, 0) is 6.42 Å². The maximum Gasteiger partial charge on any atom is 0.119 e. The van der Waals surface area contributed by atoms with Gasteiger partial charge in [0.2, 0.25) is 0 Å². The van der Waals surface area contributed by atoms with E-state index in [1.807, 2.05) is 42.6 Å². The molecule has 0 radical (unpaired) electrons. The Balaban J connectivity index is 1.54. The minimum absolute atomic E-state index is 0.692. The molecule has 94 valence electrons. The zero-order valence-electron chi connectivity index (χ0n) is 10.4. The average molecular weight is 242 g/mol. The third-order valence-electron chi connectivity index (χ3n) is 2.60. The highest BCUT2D eigenvalue weighted by molar-refractivity contribution is 5.20. The number of ether oxygens (including phenoxy) is 1. The van der Waals surface area contributed by atoms with Crippen molar-refractivity contribution in [3.63, 3.8) is 0 Å². The lowest BCUT2D eigenvalue weighted by Gasteiger charge is -2.07. The molecule has 3 nitrogen and oxygen atoms in total. The van der Waals surface area contributed by atoms with Gasteiger partial charge in [-0.1, -0.05) is 24.3 Å². The van der Waals surface area contributed by atoms with Crippen molar-refractivity contribution in [2.24, 2.45) is 0 Å². The molecule has 2 rings (SSSR count). The fraction of sp³-hybridized carbons (Fsp3) is 0.267. The number of nitrogens with one attached hydrogen (secondary N) is 1. The molecule has 1 N–H and O–H groups in total. The smallest absolute Gasteiger partial charge is 0.119 e. The van der Waals surface area contributed by atoms with Gasteiger partial charge in [-0.3, -0.25) is 4.98 Å². The Bertz CT molecular complexity index is 387. The zero-order valence-corrected chi connectivity index (χ0v) is 10.4. The van der Waals surface area contributed by atoms with Crippen LogP contribution < -0.4 is 10.1 Å². The molecule has 0 bridgehead atoms. The SMILES string of the molecule is c1ccc(OCCNCCc2cccnc2)cc1. The Morgan fingerprint density at radius 2 is 1.89 bits per heavy atom. The lowest BCUT2D eigenvalue weighted by Crippen LogP contribution is -2.23. The van der Waals surface area contributed by atoms with Crippen LogP contribution in [0.15, 0.2) is 54.9 Å². The van der Waals surface area contributed by atoms with E-state index in [4.69, 9.17) is 4.74 Å². The van der Waals surface area contributed by atoms with E-state index in [2.05, 4.69) is 16.4 Å². The Hall–Kier alpha value is -1.87. The Kier molecular flexibility index (Phi) is 5.21. The normalized spacial score (nSPS) is 10.2. The summed E-state index contributed by atoms with van der Waals surface area (Å²) in [4.78, 5) is 4.09. The first kappa shape index (κ1) is 12.6. The summed E-state index contributed by atoms with van der Waals surface area (Å²) >= 11 is 0. The summed E-state index contributed by atoms with van der Waals surface area (Å²) < 4.78 is 5.58. The van der Waals surface area contributed by atoms with Gasteiger partial charge in [0.1, 0.15) is 12.4 Å². The van der Waals surface area contributed by atoms with Crippen LogP contribution in [0.2, 0.25) is 0 Å². The summed E-state index contributed by atoms with van der Waals surface area (Å²) in [7, 11) is 0. The second-order valence-electron chi connectivity index (χ2n) is 4.02. The Labute approximate surface area is 108 Å². The molecule has 0 aliphatic carbocycles. The maximum absolute atomic E-state index is 5.58. The van der Waals surface area contributed by atoms with Gasteiger partial charge in [0, 0.05) is 18.9 Å². The highest BCUT2D eigenvalue weighted by Gasteiger charge is 1.93. The van der Waals surface area contributed by atoms with Gasteiger partial charge in [-0.25, -0.2) is 0 Å². The second-order valence-corrected chi connectivity index (χ2v) is 4.02. The highest BCUT2D eigenvalue weighted by atomic mass is 16.5. The molecule has 0 unspecified atom stereocenters. The Morgan fingerprint density at radius 3 is 2.67 bits per heavy atom. The molecule has 0 aliphatic rings. The fourth-order valence-corrected chi connectivity index (χ4v) is 1.66. The maximum atomic E-state index is 5.58. The van der Waals surface area contributed by atoms with Crippen molar-refractivity contribution in [3.05, 3.63) is 60.4 Å². The highest BCUT2D eigenvalue weighted by Crippen LogP contribution is 2.07. The summed E-state index contributed by atoms with van der Waals surface area (Å²) in [5.41, 5.74) is 1.26. The van der Waals surface area contributed by atoms with Gasteiger partial charge < -0.3 is 10.1 Å². The van der Waals surface area contributed by atoms with Crippen LogP contribution in [0, 0.1) is 0 Å². The van der Waals surface area contributed by atoms with Crippen LogP contribution >= 0.6 is 0 Å². The van der Waals surface area contributed by atoms with Crippen LogP contribution in [0.5, 0.6) is 5.75 Å². The van der Waals surface area contributed by atoms with Crippen molar-refractivity contribution in [1.82, 2.24) is 10.3 Å². The molecule has 0 spiro atoms. The molecule has 3 heteroatoms. The zero-order chi connectivity index (χ0) is 12.5. The quantitative estimate of drug-likeness (QED) is 0.756. The van der Waals surface area contributed by atoms with Crippen molar-refractivity contribution >= 4 is 0 Å². The molecule has 1 aromatic carbocycles. The van der Waals surface area contributed by atoms with E-state index in [0.717, 1.165) is 25.3 Å². The molecule has 18 heavy (non-hydrogen) atoms. The van der Waals surface area contributed by atoms with E-state index >= 15 is 0 Å². The number of benzene rings is 1. The van der Waals surface area contributed by atoms with E-state index in [-0.39, 0.29) is 0 Å². The molecule has 0 atom stereocenters. The van der Waals surface area contributed by atoms with Gasteiger partial charge in [0.15, 0.2) is 0 Å². The predicted octanol–water partition coefficient (Wildman–Crippen LogP) is 2.29. The number of aromatic nitrogens is 1. The minimum Gasteiger partial charge on any atom is -0.492 e. The molecule has 0 saturated carbocycles. The van der Waals surface area contributed by atoms with Crippen molar-refractivity contribution in [2.75, 3.05) is 19.7 Å². The first-order valence-corrected chi connectivity index (χ1v) is 6.22. The number of hydrogen-bond acceptors (Lipinski definition) is 3. The first-order chi connectivity index (χ1) is 8.95. The van der Waals surface area contributed by atoms with Crippen molar-refractivity contribution in [1.29, 1.82) is 0 Å². The van der Waals surface area contributed by atoms with Gasteiger partial charge in [-0.05, 0) is 36.7 Å². The van der Waals surface area contributed by atoms with Crippen molar-refractivity contribution in [3.8, 4) is 5.75 Å². The van der Waals surface area contributed by atoms with E-state index in [0.29, 0.717) is 6.61 Å². The van der Waals surface area contributed by atoms with Crippen LogP contribution in [0.3, 0.4) is 0 Å². The van der Waals surface area contributed by atoms with E-state index < -0.39 is 0 Å². The van der Waals surface area contributed by atoms with Gasteiger partial charge in [0.05, 0.1) is 0 Å². The van der Waals surface area contributed by atoms with Crippen LogP contribution in [-0.4, -0.2) is 24.7 Å². The summed E-state index contributed by atoms with van der Waals surface area (Å²) in [6.07, 6.45) is 4.70.